The standard InChI is InChI=1S/C24H31N3O3S/c1-3-25-24(29)26(14-18-6-7-18)15-23(28)27-12-10-22-20(11-13-31-22)21(27)16-30-19-8-4-17(2)5-9-19/h4-5,8-9,11,13,18,21H,3,6-7,10,12,14-16H2,1-2H3,(H,25,29)/t21-/m1/s1. The van der Waals surface area contributed by atoms with Gasteiger partial charge in [0.1, 0.15) is 18.9 Å². The van der Waals surface area contributed by atoms with E-state index in [1.54, 1.807) is 16.2 Å². The van der Waals surface area contributed by atoms with Gasteiger partial charge < -0.3 is 19.9 Å². The van der Waals surface area contributed by atoms with Gasteiger partial charge >= 0.3 is 6.03 Å². The van der Waals surface area contributed by atoms with E-state index < -0.39 is 0 Å². The Bertz CT molecular complexity index is 907. The van der Waals surface area contributed by atoms with Crippen molar-refractivity contribution in [2.75, 3.05) is 32.8 Å². The lowest BCUT2D eigenvalue weighted by Gasteiger charge is -2.37. The molecule has 1 N–H and O–H groups in total. The molecule has 1 aromatic carbocycles. The summed E-state index contributed by atoms with van der Waals surface area (Å²) in [5.74, 6) is 1.32. The van der Waals surface area contributed by atoms with Crippen molar-refractivity contribution in [2.45, 2.75) is 39.2 Å². The van der Waals surface area contributed by atoms with Gasteiger partial charge in [0.05, 0.1) is 6.04 Å². The average molecular weight is 442 g/mol. The number of carbonyl (C=O) groups excluding carboxylic acids is 2. The Balaban J connectivity index is 1.48. The molecule has 0 radical (unpaired) electrons. The summed E-state index contributed by atoms with van der Waals surface area (Å²) in [5, 5.41) is 4.94. The predicted molar refractivity (Wildman–Crippen MR) is 123 cm³/mol. The number of hydrogen-bond donors (Lipinski definition) is 1. The third-order valence-electron chi connectivity index (χ3n) is 5.96. The number of carbonyl (C=O) groups is 2. The van der Waals surface area contributed by atoms with Crippen LogP contribution in [-0.4, -0.2) is 54.5 Å². The molecule has 3 amide bonds. The Labute approximate surface area is 188 Å². The molecule has 0 unspecified atom stereocenters. The quantitative estimate of drug-likeness (QED) is 0.674. The van der Waals surface area contributed by atoms with Crippen LogP contribution in [0.5, 0.6) is 5.75 Å². The molecule has 6 nitrogen and oxygen atoms in total. The lowest BCUT2D eigenvalue weighted by molar-refractivity contribution is -0.135. The Morgan fingerprint density at radius 2 is 2.00 bits per heavy atom. The summed E-state index contributed by atoms with van der Waals surface area (Å²) >= 11 is 1.74. The van der Waals surface area contributed by atoms with Crippen molar-refractivity contribution < 1.29 is 14.3 Å². The minimum absolute atomic E-state index is 0.0127. The average Bonchev–Trinajstić information content (AvgIpc) is 3.45. The first-order valence-corrected chi connectivity index (χ1v) is 12.0. The number of rotatable bonds is 8. The van der Waals surface area contributed by atoms with Crippen molar-refractivity contribution in [3.63, 3.8) is 0 Å². The number of urea groups is 1. The second-order valence-electron chi connectivity index (χ2n) is 8.44. The molecule has 7 heteroatoms. The number of nitrogens with zero attached hydrogens (tertiary/aromatic N) is 2. The highest BCUT2D eigenvalue weighted by molar-refractivity contribution is 7.10. The molecule has 0 bridgehead atoms. The summed E-state index contributed by atoms with van der Waals surface area (Å²) in [5.41, 5.74) is 2.35. The third-order valence-corrected chi connectivity index (χ3v) is 6.96. The van der Waals surface area contributed by atoms with E-state index in [0.717, 1.165) is 25.0 Å². The third kappa shape index (κ3) is 5.39. The second kappa shape index (κ2) is 9.73. The summed E-state index contributed by atoms with van der Waals surface area (Å²) in [7, 11) is 0. The fourth-order valence-corrected chi connectivity index (χ4v) is 4.96. The Morgan fingerprint density at radius 1 is 1.23 bits per heavy atom. The van der Waals surface area contributed by atoms with Gasteiger partial charge in [-0.3, -0.25) is 4.79 Å². The van der Waals surface area contributed by atoms with Gasteiger partial charge in [0.15, 0.2) is 0 Å². The van der Waals surface area contributed by atoms with Gasteiger partial charge in [-0.2, -0.15) is 0 Å². The minimum atomic E-state index is -0.150. The molecule has 1 atom stereocenters. The highest BCUT2D eigenvalue weighted by atomic mass is 32.1. The molecule has 0 spiro atoms. The molecular formula is C24H31N3O3S. The molecule has 0 saturated heterocycles. The smallest absolute Gasteiger partial charge is 0.317 e. The van der Waals surface area contributed by atoms with E-state index in [9.17, 15) is 9.59 Å². The number of hydrogen-bond acceptors (Lipinski definition) is 4. The Morgan fingerprint density at radius 3 is 2.71 bits per heavy atom. The second-order valence-corrected chi connectivity index (χ2v) is 9.44. The molecule has 2 heterocycles. The summed E-state index contributed by atoms with van der Waals surface area (Å²) in [6.45, 7) is 6.33. The maximum Gasteiger partial charge on any atom is 0.317 e. The maximum absolute atomic E-state index is 13.4. The number of thiophene rings is 1. The molecule has 1 fully saturated rings. The van der Waals surface area contributed by atoms with Crippen LogP contribution in [-0.2, 0) is 11.2 Å². The summed E-state index contributed by atoms with van der Waals surface area (Å²) in [4.78, 5) is 30.8. The highest BCUT2D eigenvalue weighted by Gasteiger charge is 2.34. The first kappa shape index (κ1) is 21.7. The van der Waals surface area contributed by atoms with Gasteiger partial charge in [-0.25, -0.2) is 4.79 Å². The lowest BCUT2D eigenvalue weighted by atomic mass is 10.0. The zero-order chi connectivity index (χ0) is 21.8. The number of ether oxygens (including phenoxy) is 1. The van der Waals surface area contributed by atoms with E-state index in [2.05, 4.69) is 16.8 Å². The maximum atomic E-state index is 13.4. The summed E-state index contributed by atoms with van der Waals surface area (Å²) < 4.78 is 6.09. The number of aryl methyl sites for hydroxylation is 1. The molecule has 4 rings (SSSR count). The van der Waals surface area contributed by atoms with Crippen LogP contribution < -0.4 is 10.1 Å². The predicted octanol–water partition coefficient (Wildman–Crippen LogP) is 4.00. The van der Waals surface area contributed by atoms with Crippen LogP contribution in [0.3, 0.4) is 0 Å². The summed E-state index contributed by atoms with van der Waals surface area (Å²) in [6, 6.07) is 9.80. The van der Waals surface area contributed by atoms with Gasteiger partial charge in [0.25, 0.3) is 0 Å². The van der Waals surface area contributed by atoms with Gasteiger partial charge in [-0.05, 0) is 68.2 Å². The SMILES string of the molecule is CCNC(=O)N(CC(=O)N1CCc2sccc2[C@H]1COc1ccc(C)cc1)CC1CC1. The van der Waals surface area contributed by atoms with Crippen LogP contribution in [0.4, 0.5) is 4.79 Å². The lowest BCUT2D eigenvalue weighted by Crippen LogP contribution is -2.50. The van der Waals surface area contributed by atoms with Crippen molar-refractivity contribution in [1.29, 1.82) is 0 Å². The number of amides is 3. The monoisotopic (exact) mass is 441 g/mol. The van der Waals surface area contributed by atoms with E-state index in [1.165, 1.54) is 16.0 Å². The molecule has 1 aliphatic heterocycles. The zero-order valence-corrected chi connectivity index (χ0v) is 19.1. The topological polar surface area (TPSA) is 61.9 Å². The number of nitrogens with one attached hydrogen (secondary N) is 1. The number of fused-ring (bicyclic) bond motifs is 1. The molecular weight excluding hydrogens is 410 g/mol. The van der Waals surface area contributed by atoms with E-state index in [-0.39, 0.29) is 24.5 Å². The normalized spacial score (nSPS) is 17.7. The van der Waals surface area contributed by atoms with E-state index in [1.807, 2.05) is 43.0 Å². The van der Waals surface area contributed by atoms with Gasteiger partial charge in [0, 0.05) is 24.5 Å². The Kier molecular flexibility index (Phi) is 6.80. The first-order valence-electron chi connectivity index (χ1n) is 11.1. The molecule has 31 heavy (non-hydrogen) atoms. The van der Waals surface area contributed by atoms with Crippen molar-refractivity contribution in [3.05, 3.63) is 51.7 Å². The van der Waals surface area contributed by atoms with Gasteiger partial charge in [-0.15, -0.1) is 11.3 Å². The molecule has 1 aliphatic carbocycles. The summed E-state index contributed by atoms with van der Waals surface area (Å²) in [6.07, 6.45) is 3.13. The van der Waals surface area contributed by atoms with E-state index >= 15 is 0 Å². The van der Waals surface area contributed by atoms with E-state index in [4.69, 9.17) is 4.74 Å². The van der Waals surface area contributed by atoms with Crippen LogP contribution in [0, 0.1) is 12.8 Å². The zero-order valence-electron chi connectivity index (χ0n) is 18.3. The van der Waals surface area contributed by atoms with Crippen LogP contribution in [0.2, 0.25) is 0 Å². The minimum Gasteiger partial charge on any atom is -0.491 e. The molecule has 1 saturated carbocycles. The van der Waals surface area contributed by atoms with E-state index in [0.29, 0.717) is 32.2 Å². The number of benzene rings is 1. The highest BCUT2D eigenvalue weighted by Crippen LogP contribution is 2.34. The largest absolute Gasteiger partial charge is 0.491 e. The van der Waals surface area contributed by atoms with Crippen molar-refractivity contribution >= 4 is 23.3 Å². The Hall–Kier alpha value is -2.54. The molecule has 2 aliphatic rings. The fraction of sp³-hybridized carbons (Fsp3) is 0.500. The molecule has 166 valence electrons. The first-order chi connectivity index (χ1) is 15.0. The van der Waals surface area contributed by atoms with Crippen LogP contribution in [0.25, 0.3) is 0 Å². The van der Waals surface area contributed by atoms with Gasteiger partial charge in [0.2, 0.25) is 5.91 Å². The fourth-order valence-electron chi connectivity index (χ4n) is 4.03. The van der Waals surface area contributed by atoms with Crippen molar-refractivity contribution in [2.24, 2.45) is 5.92 Å². The van der Waals surface area contributed by atoms with Gasteiger partial charge in [-0.1, -0.05) is 17.7 Å². The van der Waals surface area contributed by atoms with Crippen LogP contribution in [0.1, 0.15) is 41.8 Å². The van der Waals surface area contributed by atoms with Crippen molar-refractivity contribution in [3.8, 4) is 5.75 Å². The molecule has 1 aromatic heterocycles. The van der Waals surface area contributed by atoms with Crippen molar-refractivity contribution in [1.82, 2.24) is 15.1 Å². The van der Waals surface area contributed by atoms with Crippen LogP contribution >= 0.6 is 11.3 Å². The molecule has 2 aromatic rings. The van der Waals surface area contributed by atoms with Crippen LogP contribution in [0.15, 0.2) is 35.7 Å².